The first-order chi connectivity index (χ1) is 25.3. The second kappa shape index (κ2) is 10.8. The van der Waals surface area contributed by atoms with Crippen LogP contribution in [0.25, 0.3) is 105 Å². The van der Waals surface area contributed by atoms with Gasteiger partial charge in [0.1, 0.15) is 16.7 Å². The maximum atomic E-state index is 6.69. The Morgan fingerprint density at radius 2 is 1.08 bits per heavy atom. The Morgan fingerprint density at radius 1 is 0.392 bits per heavy atom. The van der Waals surface area contributed by atoms with Gasteiger partial charge in [-0.3, -0.25) is 4.57 Å². The van der Waals surface area contributed by atoms with E-state index < -0.39 is 0 Å². The zero-order valence-electron chi connectivity index (χ0n) is 27.4. The molecule has 3 heterocycles. The topological polar surface area (TPSA) is 44.1 Å². The van der Waals surface area contributed by atoms with Gasteiger partial charge in [-0.05, 0) is 86.6 Å². The molecule has 51 heavy (non-hydrogen) atoms. The van der Waals surface area contributed by atoms with Gasteiger partial charge in [-0.2, -0.15) is 4.98 Å². The van der Waals surface area contributed by atoms with Crippen molar-refractivity contribution in [2.75, 3.05) is 0 Å². The van der Waals surface area contributed by atoms with Crippen LogP contribution in [0.3, 0.4) is 0 Å². The minimum atomic E-state index is 0.523. The SMILES string of the molecule is c1ccc(-c2ccc3c4c(-c5ccccc5)cccc4n(-c4nc5c(ccc6oc7cc(-c8ccc9ccccc9c8)ccc7c65)o4)c3c2)cc1. The van der Waals surface area contributed by atoms with E-state index in [1.165, 1.54) is 27.3 Å². The zero-order chi connectivity index (χ0) is 33.5. The highest BCUT2D eigenvalue weighted by Gasteiger charge is 2.22. The van der Waals surface area contributed by atoms with E-state index in [2.05, 4.69) is 156 Å². The molecule has 0 saturated carbocycles. The largest absolute Gasteiger partial charge is 0.456 e. The molecule has 8 aromatic carbocycles. The van der Waals surface area contributed by atoms with Gasteiger partial charge in [-0.1, -0.05) is 127 Å². The van der Waals surface area contributed by atoms with Gasteiger partial charge in [0, 0.05) is 16.2 Å². The minimum Gasteiger partial charge on any atom is -0.456 e. The fourth-order valence-corrected chi connectivity index (χ4v) is 7.83. The van der Waals surface area contributed by atoms with Crippen molar-refractivity contribution in [1.29, 1.82) is 0 Å². The van der Waals surface area contributed by atoms with Crippen molar-refractivity contribution in [2.24, 2.45) is 0 Å². The highest BCUT2D eigenvalue weighted by atomic mass is 16.4. The molecule has 0 saturated heterocycles. The van der Waals surface area contributed by atoms with Gasteiger partial charge in [-0.15, -0.1) is 0 Å². The van der Waals surface area contributed by atoms with Crippen LogP contribution in [0.5, 0.6) is 0 Å². The van der Waals surface area contributed by atoms with Crippen LogP contribution in [0.2, 0.25) is 0 Å². The highest BCUT2D eigenvalue weighted by Crippen LogP contribution is 2.42. The van der Waals surface area contributed by atoms with Gasteiger partial charge in [-0.25, -0.2) is 0 Å². The number of hydrogen-bond donors (Lipinski definition) is 0. The van der Waals surface area contributed by atoms with Gasteiger partial charge >= 0.3 is 6.01 Å². The lowest BCUT2D eigenvalue weighted by Gasteiger charge is -2.05. The average molecular weight is 653 g/mol. The molecule has 0 radical (unpaired) electrons. The molecule has 0 aliphatic rings. The monoisotopic (exact) mass is 652 g/mol. The Balaban J connectivity index is 1.13. The third-order valence-electron chi connectivity index (χ3n) is 10.2. The van der Waals surface area contributed by atoms with Gasteiger partial charge in [0.15, 0.2) is 5.58 Å². The molecule has 0 amide bonds. The maximum Gasteiger partial charge on any atom is 0.307 e. The first kappa shape index (κ1) is 28.0. The molecule has 3 aromatic heterocycles. The number of fused-ring (bicyclic) bond motifs is 9. The average Bonchev–Trinajstić information content (AvgIpc) is 3.89. The number of oxazole rings is 1. The van der Waals surface area contributed by atoms with E-state index >= 15 is 0 Å². The molecule has 238 valence electrons. The number of furan rings is 1. The van der Waals surface area contributed by atoms with Crippen LogP contribution >= 0.6 is 0 Å². The molecular formula is C47H28N2O2. The second-order valence-corrected chi connectivity index (χ2v) is 13.2. The van der Waals surface area contributed by atoms with Crippen LogP contribution in [0.15, 0.2) is 179 Å². The van der Waals surface area contributed by atoms with Crippen molar-refractivity contribution in [3.63, 3.8) is 0 Å². The van der Waals surface area contributed by atoms with E-state index in [9.17, 15) is 0 Å². The third kappa shape index (κ3) is 4.30. The van der Waals surface area contributed by atoms with E-state index in [1.54, 1.807) is 0 Å². The molecule has 0 unspecified atom stereocenters. The zero-order valence-corrected chi connectivity index (χ0v) is 27.4. The third-order valence-corrected chi connectivity index (χ3v) is 10.2. The minimum absolute atomic E-state index is 0.523. The summed E-state index contributed by atoms with van der Waals surface area (Å²) in [6.07, 6.45) is 0. The summed E-state index contributed by atoms with van der Waals surface area (Å²) in [6, 6.07) is 60.2. The Bertz CT molecular complexity index is 3130. The van der Waals surface area contributed by atoms with Crippen LogP contribution in [-0.2, 0) is 0 Å². The summed E-state index contributed by atoms with van der Waals surface area (Å²) in [6.45, 7) is 0. The lowest BCUT2D eigenvalue weighted by atomic mass is 9.98. The summed E-state index contributed by atoms with van der Waals surface area (Å²) < 4.78 is 15.4. The lowest BCUT2D eigenvalue weighted by molar-refractivity contribution is 0.574. The first-order valence-corrected chi connectivity index (χ1v) is 17.2. The summed E-state index contributed by atoms with van der Waals surface area (Å²) in [5, 5.41) is 6.73. The van der Waals surface area contributed by atoms with E-state index in [0.29, 0.717) is 11.6 Å². The standard InChI is InChI=1S/C47H28N2O2/c1-3-10-29(11-4-1)34-20-22-37-40(27-34)49(39-17-9-16-36(44(37)39)31-13-5-2-6-14-31)47-48-46-42(51-47)25-24-41-45(46)38-23-21-35(28-43(38)50-41)33-19-18-30-12-7-8-15-32(30)26-33/h1-28H. The summed E-state index contributed by atoms with van der Waals surface area (Å²) in [5.41, 5.74) is 12.1. The van der Waals surface area contributed by atoms with Crippen LogP contribution < -0.4 is 0 Å². The van der Waals surface area contributed by atoms with Crippen molar-refractivity contribution in [3.8, 4) is 39.4 Å². The molecule has 0 aliphatic carbocycles. The normalized spacial score (nSPS) is 11.9. The predicted molar refractivity (Wildman–Crippen MR) is 209 cm³/mol. The molecule has 4 heteroatoms. The van der Waals surface area contributed by atoms with E-state index in [-0.39, 0.29) is 0 Å². The van der Waals surface area contributed by atoms with Gasteiger partial charge in [0.2, 0.25) is 0 Å². The molecule has 0 fully saturated rings. The summed E-state index contributed by atoms with van der Waals surface area (Å²) >= 11 is 0. The van der Waals surface area contributed by atoms with Crippen LogP contribution in [0.4, 0.5) is 0 Å². The van der Waals surface area contributed by atoms with Gasteiger partial charge in [0.25, 0.3) is 0 Å². The van der Waals surface area contributed by atoms with Crippen molar-refractivity contribution >= 4 is 65.6 Å². The number of benzene rings is 8. The summed E-state index contributed by atoms with van der Waals surface area (Å²) in [4.78, 5) is 5.26. The Hall–Kier alpha value is -6.91. The van der Waals surface area contributed by atoms with Crippen molar-refractivity contribution < 1.29 is 8.83 Å². The summed E-state index contributed by atoms with van der Waals surface area (Å²) in [5.74, 6) is 0. The van der Waals surface area contributed by atoms with E-state index in [4.69, 9.17) is 13.8 Å². The number of rotatable bonds is 4. The number of hydrogen-bond acceptors (Lipinski definition) is 3. The number of aromatic nitrogens is 2. The molecule has 0 spiro atoms. The quantitative estimate of drug-likeness (QED) is 0.190. The van der Waals surface area contributed by atoms with Crippen LogP contribution in [-0.4, -0.2) is 9.55 Å². The van der Waals surface area contributed by atoms with Gasteiger partial charge in [0.05, 0.1) is 16.4 Å². The van der Waals surface area contributed by atoms with Crippen molar-refractivity contribution in [2.45, 2.75) is 0 Å². The molecule has 0 aliphatic heterocycles. The fraction of sp³-hybridized carbons (Fsp3) is 0. The smallest absolute Gasteiger partial charge is 0.307 e. The first-order valence-electron chi connectivity index (χ1n) is 17.2. The van der Waals surface area contributed by atoms with E-state index in [0.717, 1.165) is 66.1 Å². The van der Waals surface area contributed by atoms with Gasteiger partial charge < -0.3 is 8.83 Å². The maximum absolute atomic E-state index is 6.69. The van der Waals surface area contributed by atoms with Crippen molar-refractivity contribution in [3.05, 3.63) is 170 Å². The Kier molecular flexibility index (Phi) is 5.92. The predicted octanol–water partition coefficient (Wildman–Crippen LogP) is 13.0. The highest BCUT2D eigenvalue weighted by molar-refractivity contribution is 6.18. The molecule has 4 nitrogen and oxygen atoms in total. The lowest BCUT2D eigenvalue weighted by Crippen LogP contribution is -1.94. The molecular weight excluding hydrogens is 625 g/mol. The Labute approximate surface area is 292 Å². The molecule has 0 atom stereocenters. The Morgan fingerprint density at radius 3 is 1.92 bits per heavy atom. The molecule has 0 bridgehead atoms. The fourth-order valence-electron chi connectivity index (χ4n) is 7.83. The van der Waals surface area contributed by atoms with Crippen LogP contribution in [0, 0.1) is 0 Å². The molecule has 0 N–H and O–H groups in total. The van der Waals surface area contributed by atoms with Crippen LogP contribution in [0.1, 0.15) is 0 Å². The van der Waals surface area contributed by atoms with E-state index in [1.807, 2.05) is 18.2 Å². The summed E-state index contributed by atoms with van der Waals surface area (Å²) in [7, 11) is 0. The molecule has 11 aromatic rings. The second-order valence-electron chi connectivity index (χ2n) is 13.2. The number of nitrogens with zero attached hydrogens (tertiary/aromatic N) is 2. The van der Waals surface area contributed by atoms with Crippen molar-refractivity contribution in [1.82, 2.24) is 9.55 Å². The molecule has 11 rings (SSSR count).